The SMILES string of the molecule is Cl.Cl.Oc1cc(-c2cn[nH]c2)ccc1-c1cnc(N2CCC3(CCCNC3)CC2)nn1. The lowest BCUT2D eigenvalue weighted by atomic mass is 9.73. The Morgan fingerprint density at radius 2 is 1.84 bits per heavy atom. The smallest absolute Gasteiger partial charge is 0.245 e. The second kappa shape index (κ2) is 9.80. The zero-order chi connectivity index (χ0) is 19.7. The summed E-state index contributed by atoms with van der Waals surface area (Å²) < 4.78 is 0. The zero-order valence-electron chi connectivity index (χ0n) is 17.1. The number of phenolic OH excluding ortho intramolecular Hbond substituents is 1. The van der Waals surface area contributed by atoms with E-state index in [0.29, 0.717) is 22.6 Å². The molecule has 10 heteroatoms. The highest BCUT2D eigenvalue weighted by Gasteiger charge is 2.36. The van der Waals surface area contributed by atoms with Crippen molar-refractivity contribution in [3.8, 4) is 28.1 Å². The molecule has 0 amide bonds. The first kappa shape index (κ1) is 23.2. The summed E-state index contributed by atoms with van der Waals surface area (Å²) in [5, 5.41) is 29.4. The number of nitrogens with zero attached hydrogens (tertiary/aromatic N) is 5. The summed E-state index contributed by atoms with van der Waals surface area (Å²) in [6, 6.07) is 5.47. The fourth-order valence-corrected chi connectivity index (χ4v) is 4.51. The third kappa shape index (κ3) is 4.76. The summed E-state index contributed by atoms with van der Waals surface area (Å²) in [4.78, 5) is 6.76. The molecule has 2 aromatic heterocycles. The number of phenols is 1. The summed E-state index contributed by atoms with van der Waals surface area (Å²) in [6.45, 7) is 4.21. The number of rotatable bonds is 3. The summed E-state index contributed by atoms with van der Waals surface area (Å²) in [5.74, 6) is 0.819. The Balaban J connectivity index is 0.00000136. The largest absolute Gasteiger partial charge is 0.507 e. The molecule has 166 valence electrons. The molecule has 3 aromatic rings. The molecule has 0 radical (unpaired) electrons. The minimum atomic E-state index is 0. The van der Waals surface area contributed by atoms with Crippen LogP contribution in [0.15, 0.2) is 36.8 Å². The van der Waals surface area contributed by atoms with E-state index in [1.807, 2.05) is 12.1 Å². The third-order valence-corrected chi connectivity index (χ3v) is 6.32. The van der Waals surface area contributed by atoms with Gasteiger partial charge in [-0.25, -0.2) is 4.98 Å². The minimum Gasteiger partial charge on any atom is -0.507 e. The Hall–Kier alpha value is -2.42. The molecular formula is C21H27Cl2N7O. The lowest BCUT2D eigenvalue weighted by Crippen LogP contribution is -2.48. The molecule has 2 aliphatic rings. The van der Waals surface area contributed by atoms with Crippen LogP contribution < -0.4 is 10.2 Å². The topological polar surface area (TPSA) is 103 Å². The van der Waals surface area contributed by atoms with Gasteiger partial charge in [-0.15, -0.1) is 35.0 Å². The Morgan fingerprint density at radius 1 is 1.00 bits per heavy atom. The van der Waals surface area contributed by atoms with Gasteiger partial charge in [-0.3, -0.25) is 5.10 Å². The Kier molecular flexibility index (Phi) is 7.35. The highest BCUT2D eigenvalue weighted by atomic mass is 35.5. The second-order valence-electron chi connectivity index (χ2n) is 8.13. The number of nitrogens with one attached hydrogen (secondary N) is 2. The van der Waals surface area contributed by atoms with Gasteiger partial charge in [-0.05, 0) is 55.3 Å². The third-order valence-electron chi connectivity index (χ3n) is 6.32. The van der Waals surface area contributed by atoms with E-state index in [-0.39, 0.29) is 30.6 Å². The summed E-state index contributed by atoms with van der Waals surface area (Å²) >= 11 is 0. The molecule has 0 atom stereocenters. The summed E-state index contributed by atoms with van der Waals surface area (Å²) in [7, 11) is 0. The van der Waals surface area contributed by atoms with Crippen molar-refractivity contribution in [1.29, 1.82) is 0 Å². The van der Waals surface area contributed by atoms with Gasteiger partial charge < -0.3 is 15.3 Å². The molecule has 0 aliphatic carbocycles. The number of hydrogen-bond donors (Lipinski definition) is 3. The van der Waals surface area contributed by atoms with Gasteiger partial charge in [-0.2, -0.15) is 5.10 Å². The van der Waals surface area contributed by atoms with E-state index in [2.05, 4.69) is 35.6 Å². The van der Waals surface area contributed by atoms with Crippen LogP contribution in [0.3, 0.4) is 0 Å². The van der Waals surface area contributed by atoms with Crippen LogP contribution in [0.25, 0.3) is 22.4 Å². The lowest BCUT2D eigenvalue weighted by Gasteiger charge is -2.44. The van der Waals surface area contributed by atoms with Crippen molar-refractivity contribution < 1.29 is 5.11 Å². The zero-order valence-corrected chi connectivity index (χ0v) is 18.8. The molecule has 3 N–H and O–H groups in total. The first-order valence-electron chi connectivity index (χ1n) is 10.2. The van der Waals surface area contributed by atoms with Crippen LogP contribution in [-0.4, -0.2) is 56.7 Å². The van der Waals surface area contributed by atoms with E-state index in [1.165, 1.54) is 25.7 Å². The number of hydrogen-bond acceptors (Lipinski definition) is 7. The maximum absolute atomic E-state index is 10.5. The highest BCUT2D eigenvalue weighted by Crippen LogP contribution is 2.38. The highest BCUT2D eigenvalue weighted by molar-refractivity contribution is 5.85. The lowest BCUT2D eigenvalue weighted by molar-refractivity contribution is 0.161. The van der Waals surface area contributed by atoms with E-state index < -0.39 is 0 Å². The number of aromatic hydroxyl groups is 1. The number of halogens is 2. The molecule has 2 aliphatic heterocycles. The van der Waals surface area contributed by atoms with Crippen LogP contribution in [0.5, 0.6) is 5.75 Å². The van der Waals surface area contributed by atoms with Gasteiger partial charge in [0.1, 0.15) is 11.4 Å². The van der Waals surface area contributed by atoms with Crippen LogP contribution >= 0.6 is 24.8 Å². The molecule has 1 aromatic carbocycles. The molecule has 1 spiro atoms. The number of aromatic amines is 1. The number of anilines is 1. The normalized spacial score (nSPS) is 17.6. The molecule has 2 saturated heterocycles. The van der Waals surface area contributed by atoms with Gasteiger partial charge in [0.2, 0.25) is 5.95 Å². The van der Waals surface area contributed by atoms with Gasteiger partial charge in [0.15, 0.2) is 0 Å². The van der Waals surface area contributed by atoms with E-state index in [0.717, 1.165) is 37.3 Å². The number of piperidine rings is 2. The van der Waals surface area contributed by atoms with Crippen molar-refractivity contribution in [2.45, 2.75) is 25.7 Å². The second-order valence-corrected chi connectivity index (χ2v) is 8.13. The summed E-state index contributed by atoms with van der Waals surface area (Å²) in [6.07, 6.45) is 10.1. The first-order chi connectivity index (χ1) is 14.2. The van der Waals surface area contributed by atoms with Crippen LogP contribution in [0.4, 0.5) is 5.95 Å². The van der Waals surface area contributed by atoms with Gasteiger partial charge in [0, 0.05) is 37.0 Å². The van der Waals surface area contributed by atoms with E-state index >= 15 is 0 Å². The molecule has 5 rings (SSSR count). The molecule has 0 unspecified atom stereocenters. The van der Waals surface area contributed by atoms with Crippen LogP contribution in [0.1, 0.15) is 25.7 Å². The average Bonchev–Trinajstić information content (AvgIpc) is 3.30. The van der Waals surface area contributed by atoms with E-state index in [1.54, 1.807) is 24.7 Å². The molecule has 8 nitrogen and oxygen atoms in total. The van der Waals surface area contributed by atoms with Crippen molar-refractivity contribution in [3.05, 3.63) is 36.8 Å². The fraction of sp³-hybridized carbons (Fsp3) is 0.429. The fourth-order valence-electron chi connectivity index (χ4n) is 4.51. The van der Waals surface area contributed by atoms with Gasteiger partial charge in [0.05, 0.1) is 12.4 Å². The maximum atomic E-state index is 10.5. The predicted octanol–water partition coefficient (Wildman–Crippen LogP) is 3.45. The van der Waals surface area contributed by atoms with Crippen molar-refractivity contribution in [2.75, 3.05) is 31.1 Å². The number of H-pyrrole nitrogens is 1. The Morgan fingerprint density at radius 3 is 2.45 bits per heavy atom. The van der Waals surface area contributed by atoms with Crippen LogP contribution in [0.2, 0.25) is 0 Å². The van der Waals surface area contributed by atoms with Crippen molar-refractivity contribution in [3.63, 3.8) is 0 Å². The maximum Gasteiger partial charge on any atom is 0.245 e. The quantitative estimate of drug-likeness (QED) is 0.546. The van der Waals surface area contributed by atoms with Crippen LogP contribution in [-0.2, 0) is 0 Å². The minimum absolute atomic E-state index is 0. The summed E-state index contributed by atoms with van der Waals surface area (Å²) in [5.41, 5.74) is 3.44. The monoisotopic (exact) mass is 463 g/mol. The predicted molar refractivity (Wildman–Crippen MR) is 125 cm³/mol. The molecule has 0 bridgehead atoms. The van der Waals surface area contributed by atoms with Gasteiger partial charge in [-0.1, -0.05) is 6.07 Å². The van der Waals surface area contributed by atoms with Crippen LogP contribution in [0, 0.1) is 5.41 Å². The van der Waals surface area contributed by atoms with Crippen molar-refractivity contribution in [2.24, 2.45) is 5.41 Å². The van der Waals surface area contributed by atoms with Crippen molar-refractivity contribution in [1.82, 2.24) is 30.7 Å². The number of aromatic nitrogens is 5. The Bertz CT molecular complexity index is 966. The molecule has 4 heterocycles. The molecule has 0 saturated carbocycles. The first-order valence-corrected chi connectivity index (χ1v) is 10.2. The molecule has 2 fully saturated rings. The molecule has 31 heavy (non-hydrogen) atoms. The van der Waals surface area contributed by atoms with Gasteiger partial charge >= 0.3 is 0 Å². The van der Waals surface area contributed by atoms with E-state index in [9.17, 15) is 5.11 Å². The van der Waals surface area contributed by atoms with Gasteiger partial charge in [0.25, 0.3) is 0 Å². The average molecular weight is 464 g/mol. The van der Waals surface area contributed by atoms with Crippen molar-refractivity contribution >= 4 is 30.8 Å². The standard InChI is InChI=1S/C21H25N7O.2ClH/c29-19-10-15(16-11-24-25-12-16)2-3-17(19)18-13-23-20(27-26-18)28-8-5-21(6-9-28)4-1-7-22-14-21;;/h2-3,10-13,22,29H,1,4-9,14H2,(H,24,25);2*1H. The Labute approximate surface area is 193 Å². The molecular weight excluding hydrogens is 437 g/mol. The number of benzene rings is 1. The van der Waals surface area contributed by atoms with E-state index in [4.69, 9.17) is 0 Å².